The molecule has 2 nitrogen and oxygen atoms in total. The molecular formula is C12H20O2. The molecule has 0 aromatic carbocycles. The first-order valence-corrected chi connectivity index (χ1v) is 5.04. The van der Waals surface area contributed by atoms with Crippen molar-refractivity contribution in [2.75, 3.05) is 0 Å². The number of carbonyl (C=O) groups excluding carboxylic acids is 1. The topological polar surface area (TPSA) is 26.3 Å². The van der Waals surface area contributed by atoms with Gasteiger partial charge in [-0.1, -0.05) is 24.3 Å². The fraction of sp³-hybridized carbons (Fsp3) is 0.583. The lowest BCUT2D eigenvalue weighted by atomic mass is 10.2. The van der Waals surface area contributed by atoms with Crippen LogP contribution in [0.5, 0.6) is 0 Å². The van der Waals surface area contributed by atoms with E-state index in [1.54, 1.807) is 0 Å². The van der Waals surface area contributed by atoms with Gasteiger partial charge < -0.3 is 4.74 Å². The molecule has 0 unspecified atom stereocenters. The summed E-state index contributed by atoms with van der Waals surface area (Å²) in [4.78, 5) is 11.1. The summed E-state index contributed by atoms with van der Waals surface area (Å²) in [5, 5.41) is 0. The minimum atomic E-state index is -0.108. The molecule has 0 aromatic rings. The summed E-state index contributed by atoms with van der Waals surface area (Å²) in [5.41, 5.74) is 1.04. The van der Waals surface area contributed by atoms with Crippen LogP contribution in [0.3, 0.4) is 0 Å². The number of hydrogen-bond donors (Lipinski definition) is 0. The van der Waals surface area contributed by atoms with Gasteiger partial charge in [-0.15, -0.1) is 0 Å². The Morgan fingerprint density at radius 1 is 1.50 bits per heavy atom. The van der Waals surface area contributed by atoms with Crippen molar-refractivity contribution in [2.24, 2.45) is 0 Å². The van der Waals surface area contributed by atoms with Crippen LogP contribution in [0.2, 0.25) is 0 Å². The molecule has 0 aliphatic rings. The number of hydrogen-bond acceptors (Lipinski definition) is 2. The zero-order valence-electron chi connectivity index (χ0n) is 9.38. The second kappa shape index (κ2) is 7.36. The van der Waals surface area contributed by atoms with E-state index in [0.29, 0.717) is 6.42 Å². The predicted octanol–water partition coefficient (Wildman–Crippen LogP) is 3.24. The minimum absolute atomic E-state index is 0.00605. The van der Waals surface area contributed by atoms with Gasteiger partial charge in [0.05, 0.1) is 6.10 Å². The second-order valence-corrected chi connectivity index (χ2v) is 3.68. The minimum Gasteiger partial charge on any atom is -0.463 e. The van der Waals surface area contributed by atoms with Gasteiger partial charge in [0.2, 0.25) is 0 Å². The zero-order valence-corrected chi connectivity index (χ0v) is 9.38. The van der Waals surface area contributed by atoms with Gasteiger partial charge in [0.25, 0.3) is 0 Å². The molecular weight excluding hydrogens is 176 g/mol. The van der Waals surface area contributed by atoms with Gasteiger partial charge in [0.15, 0.2) is 0 Å². The fourth-order valence-corrected chi connectivity index (χ4v) is 0.971. The lowest BCUT2D eigenvalue weighted by Gasteiger charge is -2.06. The Kier molecular flexibility index (Phi) is 6.81. The Morgan fingerprint density at radius 2 is 2.14 bits per heavy atom. The molecule has 0 heterocycles. The normalized spacial score (nSPS) is 10.9. The van der Waals surface area contributed by atoms with Gasteiger partial charge in [-0.25, -0.2) is 0 Å². The van der Waals surface area contributed by atoms with Crippen molar-refractivity contribution in [1.29, 1.82) is 0 Å². The largest absolute Gasteiger partial charge is 0.463 e. The van der Waals surface area contributed by atoms with Crippen LogP contribution in [0.25, 0.3) is 0 Å². The molecule has 0 N–H and O–H groups in total. The summed E-state index contributed by atoms with van der Waals surface area (Å²) in [6.45, 7) is 9.42. The van der Waals surface area contributed by atoms with Crippen LogP contribution >= 0.6 is 0 Å². The zero-order chi connectivity index (χ0) is 11.0. The summed E-state index contributed by atoms with van der Waals surface area (Å²) in [6, 6.07) is 0. The second-order valence-electron chi connectivity index (χ2n) is 3.68. The Bertz CT molecular complexity index is 214. The van der Waals surface area contributed by atoms with E-state index >= 15 is 0 Å². The van der Waals surface area contributed by atoms with Crippen molar-refractivity contribution in [3.63, 3.8) is 0 Å². The molecule has 80 valence electrons. The van der Waals surface area contributed by atoms with Gasteiger partial charge in [-0.2, -0.15) is 0 Å². The molecule has 0 atom stereocenters. The molecule has 0 aliphatic carbocycles. The quantitative estimate of drug-likeness (QED) is 0.370. The number of carbonyl (C=O) groups is 1. The third-order valence-corrected chi connectivity index (χ3v) is 1.52. The first-order valence-electron chi connectivity index (χ1n) is 5.04. The average molecular weight is 196 g/mol. The number of allylic oxidation sites excluding steroid dienone is 3. The highest BCUT2D eigenvalue weighted by Gasteiger charge is 2.03. The van der Waals surface area contributed by atoms with Crippen molar-refractivity contribution in [3.05, 3.63) is 24.3 Å². The lowest BCUT2D eigenvalue weighted by Crippen LogP contribution is -2.10. The van der Waals surface area contributed by atoms with Crippen molar-refractivity contribution in [3.8, 4) is 0 Å². The van der Waals surface area contributed by atoms with Gasteiger partial charge in [0.1, 0.15) is 0 Å². The third-order valence-electron chi connectivity index (χ3n) is 1.52. The number of rotatable bonds is 6. The average Bonchev–Trinajstić information content (AvgIpc) is 2.01. The van der Waals surface area contributed by atoms with Crippen LogP contribution in [0.4, 0.5) is 0 Å². The Hall–Kier alpha value is -1.05. The maximum absolute atomic E-state index is 11.1. The summed E-state index contributed by atoms with van der Waals surface area (Å²) in [7, 11) is 0. The molecule has 0 fully saturated rings. The Balaban J connectivity index is 3.45. The number of unbranched alkanes of at least 4 members (excludes halogenated alkanes) is 1. The van der Waals surface area contributed by atoms with Gasteiger partial charge in [-0.05, 0) is 33.6 Å². The molecule has 2 heteroatoms. The molecule has 0 rings (SSSR count). The fourth-order valence-electron chi connectivity index (χ4n) is 0.971. The van der Waals surface area contributed by atoms with Crippen molar-refractivity contribution < 1.29 is 9.53 Å². The summed E-state index contributed by atoms with van der Waals surface area (Å²) < 4.78 is 5.00. The van der Waals surface area contributed by atoms with E-state index in [1.807, 2.05) is 32.9 Å². The highest BCUT2D eigenvalue weighted by Crippen LogP contribution is 2.02. The highest BCUT2D eigenvalue weighted by atomic mass is 16.5. The highest BCUT2D eigenvalue weighted by molar-refractivity contribution is 5.69. The predicted molar refractivity (Wildman–Crippen MR) is 59.0 cm³/mol. The molecule has 0 amide bonds. The van der Waals surface area contributed by atoms with E-state index < -0.39 is 0 Å². The van der Waals surface area contributed by atoms with Crippen LogP contribution in [0.1, 0.15) is 40.0 Å². The molecule has 0 bridgehead atoms. The molecule has 0 spiro atoms. The lowest BCUT2D eigenvalue weighted by molar-refractivity contribution is -0.147. The smallest absolute Gasteiger partial charge is 0.306 e. The van der Waals surface area contributed by atoms with Crippen LogP contribution in [-0.4, -0.2) is 12.1 Å². The van der Waals surface area contributed by atoms with Crippen LogP contribution < -0.4 is 0 Å². The van der Waals surface area contributed by atoms with Crippen LogP contribution in [-0.2, 0) is 9.53 Å². The van der Waals surface area contributed by atoms with Crippen molar-refractivity contribution in [1.82, 2.24) is 0 Å². The molecule has 0 saturated heterocycles. The maximum Gasteiger partial charge on any atom is 0.306 e. The van der Waals surface area contributed by atoms with Gasteiger partial charge in [0, 0.05) is 6.42 Å². The van der Waals surface area contributed by atoms with Gasteiger partial charge >= 0.3 is 5.97 Å². The molecule has 0 aliphatic heterocycles. The van der Waals surface area contributed by atoms with E-state index in [0.717, 1.165) is 18.4 Å². The van der Waals surface area contributed by atoms with E-state index in [4.69, 9.17) is 4.74 Å². The summed E-state index contributed by atoms with van der Waals surface area (Å²) in [6.07, 6.45) is 6.24. The molecule has 0 aromatic heterocycles. The third kappa shape index (κ3) is 9.04. The summed E-state index contributed by atoms with van der Waals surface area (Å²) >= 11 is 0. The first-order chi connectivity index (χ1) is 6.52. The number of ether oxygens (including phenoxy) is 1. The van der Waals surface area contributed by atoms with Crippen LogP contribution in [0.15, 0.2) is 24.3 Å². The van der Waals surface area contributed by atoms with Gasteiger partial charge in [-0.3, -0.25) is 4.79 Å². The van der Waals surface area contributed by atoms with Crippen LogP contribution in [0, 0.1) is 0 Å². The number of esters is 1. The maximum atomic E-state index is 11.1. The molecule has 14 heavy (non-hydrogen) atoms. The molecule has 0 radical (unpaired) electrons. The standard InChI is InChI=1S/C12H20O2/c1-10(2)8-6-5-7-9-12(13)14-11(3)4/h6,8,11H,1,5,7,9H2,2-4H3. The van der Waals surface area contributed by atoms with E-state index in [-0.39, 0.29) is 12.1 Å². The summed E-state index contributed by atoms with van der Waals surface area (Å²) in [5.74, 6) is -0.108. The molecule has 0 saturated carbocycles. The SMILES string of the molecule is C=C(C)C=CCCCC(=O)OC(C)C. The Labute approximate surface area is 86.6 Å². The van der Waals surface area contributed by atoms with Crippen molar-refractivity contribution in [2.45, 2.75) is 46.1 Å². The van der Waals surface area contributed by atoms with E-state index in [9.17, 15) is 4.79 Å². The monoisotopic (exact) mass is 196 g/mol. The first kappa shape index (κ1) is 12.9. The van der Waals surface area contributed by atoms with E-state index in [2.05, 4.69) is 6.58 Å². The van der Waals surface area contributed by atoms with Crippen molar-refractivity contribution >= 4 is 5.97 Å². The van der Waals surface area contributed by atoms with E-state index in [1.165, 1.54) is 0 Å². The Morgan fingerprint density at radius 3 is 2.64 bits per heavy atom.